The molecular formula is C19H23N3. The van der Waals surface area contributed by atoms with Gasteiger partial charge in [0.15, 0.2) is 5.82 Å². The lowest BCUT2D eigenvalue weighted by molar-refractivity contribution is 0.666. The number of H-pyrrole nitrogens is 1. The summed E-state index contributed by atoms with van der Waals surface area (Å²) in [6, 6.07) is 10.5. The van der Waals surface area contributed by atoms with Crippen molar-refractivity contribution in [1.29, 1.82) is 0 Å². The van der Waals surface area contributed by atoms with Crippen LogP contribution in [-0.2, 0) is 6.42 Å². The Bertz CT molecular complexity index is 741. The summed E-state index contributed by atoms with van der Waals surface area (Å²) in [6.07, 6.45) is 8.26. The molecule has 3 heteroatoms. The fraction of sp³-hybridized carbons (Fsp3) is 0.368. The predicted octanol–water partition coefficient (Wildman–Crippen LogP) is 5.06. The first kappa shape index (κ1) is 14.8. The highest BCUT2D eigenvalue weighted by atomic mass is 14.9. The first-order chi connectivity index (χ1) is 10.8. The molecular weight excluding hydrogens is 270 g/mol. The van der Waals surface area contributed by atoms with Crippen LogP contribution in [0.5, 0.6) is 0 Å². The van der Waals surface area contributed by atoms with E-state index in [0.29, 0.717) is 0 Å². The van der Waals surface area contributed by atoms with Crippen LogP contribution < -0.4 is 0 Å². The predicted molar refractivity (Wildman–Crippen MR) is 91.9 cm³/mol. The Morgan fingerprint density at radius 3 is 2.73 bits per heavy atom. The number of hydrogen-bond acceptors (Lipinski definition) is 2. The molecule has 0 saturated heterocycles. The second-order valence-electron chi connectivity index (χ2n) is 5.97. The molecule has 3 rings (SSSR count). The van der Waals surface area contributed by atoms with E-state index in [1.807, 2.05) is 12.3 Å². The van der Waals surface area contributed by atoms with Crippen molar-refractivity contribution in [3.63, 3.8) is 0 Å². The maximum Gasteiger partial charge on any atom is 0.157 e. The highest BCUT2D eigenvalue weighted by Gasteiger charge is 2.06. The minimum atomic E-state index is 0.845. The van der Waals surface area contributed by atoms with E-state index in [4.69, 9.17) is 0 Å². The van der Waals surface area contributed by atoms with Crippen molar-refractivity contribution >= 4 is 11.0 Å². The van der Waals surface area contributed by atoms with E-state index in [2.05, 4.69) is 53.1 Å². The zero-order chi connectivity index (χ0) is 15.4. The van der Waals surface area contributed by atoms with Crippen LogP contribution in [0.1, 0.15) is 43.7 Å². The van der Waals surface area contributed by atoms with Crippen molar-refractivity contribution in [2.75, 3.05) is 0 Å². The summed E-state index contributed by atoms with van der Waals surface area (Å²) in [5, 5.41) is 0. The van der Waals surface area contributed by atoms with Crippen molar-refractivity contribution in [1.82, 2.24) is 15.0 Å². The van der Waals surface area contributed by atoms with E-state index < -0.39 is 0 Å². The molecule has 0 bridgehead atoms. The molecule has 1 N–H and O–H groups in total. The number of unbranched alkanes of at least 4 members (excludes halogenated alkanes) is 3. The molecule has 2 aromatic heterocycles. The molecule has 0 fully saturated rings. The Morgan fingerprint density at radius 1 is 1.05 bits per heavy atom. The van der Waals surface area contributed by atoms with Gasteiger partial charge in [0.05, 0.1) is 11.0 Å². The number of aromatic amines is 1. The summed E-state index contributed by atoms with van der Waals surface area (Å²) in [5.41, 5.74) is 5.52. The van der Waals surface area contributed by atoms with Gasteiger partial charge in [0, 0.05) is 6.20 Å². The third kappa shape index (κ3) is 3.35. The Morgan fingerprint density at radius 2 is 1.95 bits per heavy atom. The molecule has 0 radical (unpaired) electrons. The van der Waals surface area contributed by atoms with E-state index >= 15 is 0 Å². The summed E-state index contributed by atoms with van der Waals surface area (Å²) in [7, 11) is 0. The van der Waals surface area contributed by atoms with Crippen LogP contribution in [-0.4, -0.2) is 15.0 Å². The Hall–Kier alpha value is -2.16. The van der Waals surface area contributed by atoms with Crippen LogP contribution in [0.2, 0.25) is 0 Å². The van der Waals surface area contributed by atoms with E-state index in [1.54, 1.807) is 0 Å². The highest BCUT2D eigenvalue weighted by molar-refractivity contribution is 5.79. The molecule has 0 atom stereocenters. The van der Waals surface area contributed by atoms with E-state index in [0.717, 1.165) is 29.0 Å². The largest absolute Gasteiger partial charge is 0.337 e. The fourth-order valence-corrected chi connectivity index (χ4v) is 2.71. The van der Waals surface area contributed by atoms with Crippen LogP contribution in [0.3, 0.4) is 0 Å². The van der Waals surface area contributed by atoms with Crippen molar-refractivity contribution in [2.45, 2.75) is 46.0 Å². The standard InChI is InChI=1S/C19H23N3/c1-3-4-5-6-7-15-9-11-17(20-13-15)19-21-16-10-8-14(2)12-18(16)22-19/h8-13H,3-7H2,1-2H3,(H,21,22). The molecule has 22 heavy (non-hydrogen) atoms. The quantitative estimate of drug-likeness (QED) is 0.646. The van der Waals surface area contributed by atoms with Gasteiger partial charge in [-0.15, -0.1) is 0 Å². The Balaban J connectivity index is 1.73. The third-order valence-corrected chi connectivity index (χ3v) is 4.02. The second kappa shape index (κ2) is 6.73. The first-order valence-electron chi connectivity index (χ1n) is 8.18. The lowest BCUT2D eigenvalue weighted by Crippen LogP contribution is -1.90. The van der Waals surface area contributed by atoms with Gasteiger partial charge in [-0.05, 0) is 49.1 Å². The molecule has 2 heterocycles. The van der Waals surface area contributed by atoms with Crippen molar-refractivity contribution in [3.8, 4) is 11.5 Å². The summed E-state index contributed by atoms with van der Waals surface area (Å²) in [4.78, 5) is 12.6. The van der Waals surface area contributed by atoms with Gasteiger partial charge in [0.25, 0.3) is 0 Å². The van der Waals surface area contributed by atoms with Crippen molar-refractivity contribution < 1.29 is 0 Å². The summed E-state index contributed by atoms with van der Waals surface area (Å²) in [6.45, 7) is 4.33. The monoisotopic (exact) mass is 293 g/mol. The number of benzene rings is 1. The SMILES string of the molecule is CCCCCCc1ccc(-c2nc3ccc(C)cc3[nH]2)nc1. The van der Waals surface area contributed by atoms with Gasteiger partial charge in [-0.2, -0.15) is 0 Å². The zero-order valence-corrected chi connectivity index (χ0v) is 13.4. The minimum absolute atomic E-state index is 0.845. The number of nitrogens with zero attached hydrogens (tertiary/aromatic N) is 2. The lowest BCUT2D eigenvalue weighted by atomic mass is 10.1. The average molecular weight is 293 g/mol. The van der Waals surface area contributed by atoms with Gasteiger partial charge in [-0.3, -0.25) is 4.98 Å². The molecule has 0 aliphatic heterocycles. The number of pyridine rings is 1. The molecule has 0 amide bonds. The molecule has 1 aromatic carbocycles. The van der Waals surface area contributed by atoms with Gasteiger partial charge in [-0.25, -0.2) is 4.98 Å². The lowest BCUT2D eigenvalue weighted by Gasteiger charge is -2.02. The van der Waals surface area contributed by atoms with Crippen molar-refractivity contribution in [2.24, 2.45) is 0 Å². The Kier molecular flexibility index (Phi) is 4.52. The summed E-state index contributed by atoms with van der Waals surface area (Å²) < 4.78 is 0. The third-order valence-electron chi connectivity index (χ3n) is 4.02. The van der Waals surface area contributed by atoms with Gasteiger partial charge < -0.3 is 4.98 Å². The van der Waals surface area contributed by atoms with Crippen LogP contribution in [0.25, 0.3) is 22.6 Å². The Labute approximate surface area is 131 Å². The van der Waals surface area contributed by atoms with Crippen LogP contribution in [0, 0.1) is 6.92 Å². The van der Waals surface area contributed by atoms with E-state index in [9.17, 15) is 0 Å². The molecule has 114 valence electrons. The average Bonchev–Trinajstić information content (AvgIpc) is 2.95. The maximum atomic E-state index is 4.62. The smallest absolute Gasteiger partial charge is 0.157 e. The number of fused-ring (bicyclic) bond motifs is 1. The number of rotatable bonds is 6. The highest BCUT2D eigenvalue weighted by Crippen LogP contribution is 2.20. The normalized spacial score (nSPS) is 11.2. The summed E-state index contributed by atoms with van der Waals surface area (Å²) >= 11 is 0. The van der Waals surface area contributed by atoms with E-state index in [-0.39, 0.29) is 0 Å². The topological polar surface area (TPSA) is 41.6 Å². The van der Waals surface area contributed by atoms with Gasteiger partial charge in [0.1, 0.15) is 5.69 Å². The van der Waals surface area contributed by atoms with Gasteiger partial charge >= 0.3 is 0 Å². The zero-order valence-electron chi connectivity index (χ0n) is 13.4. The van der Waals surface area contributed by atoms with Crippen LogP contribution >= 0.6 is 0 Å². The number of imidazole rings is 1. The van der Waals surface area contributed by atoms with Gasteiger partial charge in [0.2, 0.25) is 0 Å². The molecule has 0 aliphatic rings. The van der Waals surface area contributed by atoms with Crippen LogP contribution in [0.4, 0.5) is 0 Å². The number of aromatic nitrogens is 3. The maximum absolute atomic E-state index is 4.62. The van der Waals surface area contributed by atoms with Gasteiger partial charge in [-0.1, -0.05) is 38.3 Å². The number of nitrogens with one attached hydrogen (secondary N) is 1. The number of hydrogen-bond donors (Lipinski definition) is 1. The van der Waals surface area contributed by atoms with E-state index in [1.165, 1.54) is 36.8 Å². The summed E-state index contributed by atoms with van der Waals surface area (Å²) in [5.74, 6) is 0.845. The number of aryl methyl sites for hydroxylation is 2. The molecule has 0 spiro atoms. The molecule has 0 aliphatic carbocycles. The molecule has 0 unspecified atom stereocenters. The first-order valence-corrected chi connectivity index (χ1v) is 8.18. The van der Waals surface area contributed by atoms with Crippen LogP contribution in [0.15, 0.2) is 36.5 Å². The molecule has 3 aromatic rings. The fourth-order valence-electron chi connectivity index (χ4n) is 2.71. The second-order valence-corrected chi connectivity index (χ2v) is 5.97. The minimum Gasteiger partial charge on any atom is -0.337 e. The van der Waals surface area contributed by atoms with Crippen molar-refractivity contribution in [3.05, 3.63) is 47.7 Å². The molecule has 0 saturated carbocycles. The molecule has 3 nitrogen and oxygen atoms in total.